The first-order chi connectivity index (χ1) is 14.1. The summed E-state index contributed by atoms with van der Waals surface area (Å²) in [6.45, 7) is 7.32. The van der Waals surface area contributed by atoms with E-state index < -0.39 is 6.16 Å². The molecule has 172 valence electrons. The van der Waals surface area contributed by atoms with Gasteiger partial charge in [-0.1, -0.05) is 52.0 Å². The normalized spacial score (nSPS) is 18.3. The molecular formula is C21H36ClN3O4S. The third-order valence-corrected chi connectivity index (χ3v) is 5.58. The lowest BCUT2D eigenvalue weighted by Gasteiger charge is -2.36. The van der Waals surface area contributed by atoms with Crippen molar-refractivity contribution < 1.29 is 35.9 Å². The van der Waals surface area contributed by atoms with Crippen molar-refractivity contribution in [2.75, 3.05) is 40.1 Å². The molecule has 0 saturated carbocycles. The first-order valence-corrected chi connectivity index (χ1v) is 11.6. The zero-order valence-electron chi connectivity index (χ0n) is 18.5. The number of carbonyl (C=O) groups is 1. The highest BCUT2D eigenvalue weighted by Crippen LogP contribution is 2.30. The van der Waals surface area contributed by atoms with Gasteiger partial charge in [-0.05, 0) is 12.8 Å². The fraction of sp³-hybridized carbons (Fsp3) is 0.762. The summed E-state index contributed by atoms with van der Waals surface area (Å²) in [5, 5.41) is 0. The van der Waals surface area contributed by atoms with Crippen molar-refractivity contribution >= 4 is 23.5 Å². The van der Waals surface area contributed by atoms with E-state index in [0.29, 0.717) is 23.6 Å². The Morgan fingerprint density at radius 2 is 1.80 bits per heavy atom. The lowest BCUT2D eigenvalue weighted by Crippen LogP contribution is -3.00. The number of ether oxygens (including phenoxy) is 3. The predicted molar refractivity (Wildman–Crippen MR) is 115 cm³/mol. The van der Waals surface area contributed by atoms with Crippen LogP contribution in [-0.2, 0) is 9.47 Å². The fourth-order valence-corrected chi connectivity index (χ4v) is 3.84. The number of rotatable bonds is 13. The maximum atomic E-state index is 11.8. The minimum Gasteiger partial charge on any atom is -1.00 e. The molecule has 0 aromatic carbocycles. The maximum absolute atomic E-state index is 11.8. The number of hydrogen-bond donors (Lipinski definition) is 0. The van der Waals surface area contributed by atoms with Crippen molar-refractivity contribution in [3.05, 3.63) is 11.8 Å². The van der Waals surface area contributed by atoms with E-state index >= 15 is 0 Å². The summed E-state index contributed by atoms with van der Waals surface area (Å²) >= 11 is 1.18. The summed E-state index contributed by atoms with van der Waals surface area (Å²) in [7, 11) is 2.09. The molecule has 0 amide bonds. The maximum Gasteiger partial charge on any atom is 0.512 e. The third-order valence-electron chi connectivity index (χ3n) is 5.07. The highest BCUT2D eigenvalue weighted by molar-refractivity contribution is 6.99. The molecule has 2 rings (SSSR count). The zero-order chi connectivity index (χ0) is 21.0. The number of nitrogens with zero attached hydrogens (tertiary/aromatic N) is 3. The van der Waals surface area contributed by atoms with Gasteiger partial charge in [-0.25, -0.2) is 4.79 Å². The summed E-state index contributed by atoms with van der Waals surface area (Å²) in [6, 6.07) is 0. The van der Waals surface area contributed by atoms with Gasteiger partial charge < -0.3 is 26.6 Å². The van der Waals surface area contributed by atoms with Crippen LogP contribution in [0.5, 0.6) is 5.88 Å². The molecular weight excluding hydrogens is 426 g/mol. The van der Waals surface area contributed by atoms with Crippen LogP contribution in [0.15, 0.2) is 6.08 Å². The summed E-state index contributed by atoms with van der Waals surface area (Å²) in [4.78, 5) is 11.8. The molecule has 7 nitrogen and oxygen atoms in total. The number of likely N-dealkylation sites (N-methyl/N-ethyl adjacent to an activating group) is 1. The number of halogens is 1. The monoisotopic (exact) mass is 461 g/mol. The molecule has 30 heavy (non-hydrogen) atoms. The fourth-order valence-electron chi connectivity index (χ4n) is 3.31. The van der Waals surface area contributed by atoms with Gasteiger partial charge in [0.05, 0.1) is 38.5 Å². The minimum absolute atomic E-state index is 0. The van der Waals surface area contributed by atoms with E-state index in [1.807, 2.05) is 0 Å². The van der Waals surface area contributed by atoms with Crippen LogP contribution in [0.3, 0.4) is 0 Å². The second-order valence-electron chi connectivity index (χ2n) is 7.93. The van der Waals surface area contributed by atoms with Gasteiger partial charge in [-0.3, -0.25) is 4.48 Å². The molecule has 0 radical (unpaired) electrons. The van der Waals surface area contributed by atoms with Crippen LogP contribution in [0, 0.1) is 0 Å². The number of unbranched alkanes of at least 4 members (excludes halogenated alkanes) is 5. The van der Waals surface area contributed by atoms with Gasteiger partial charge in [0.2, 0.25) is 6.73 Å². The zero-order valence-corrected chi connectivity index (χ0v) is 20.1. The van der Waals surface area contributed by atoms with Crippen LogP contribution in [0.1, 0.15) is 70.9 Å². The van der Waals surface area contributed by atoms with E-state index in [-0.39, 0.29) is 19.1 Å². The van der Waals surface area contributed by atoms with E-state index in [1.165, 1.54) is 31.0 Å². The second-order valence-corrected chi connectivity index (χ2v) is 8.45. The Kier molecular flexibility index (Phi) is 13.0. The predicted octanol–water partition coefficient (Wildman–Crippen LogP) is 2.04. The number of aromatic nitrogens is 2. The quantitative estimate of drug-likeness (QED) is 0.254. The van der Waals surface area contributed by atoms with Crippen molar-refractivity contribution in [1.82, 2.24) is 8.75 Å². The molecule has 1 aliphatic rings. The Hall–Kier alpha value is -1.38. The van der Waals surface area contributed by atoms with Gasteiger partial charge in [0.15, 0.2) is 0 Å². The van der Waals surface area contributed by atoms with Crippen LogP contribution < -0.4 is 17.1 Å². The highest BCUT2D eigenvalue weighted by atomic mass is 35.5. The van der Waals surface area contributed by atoms with Gasteiger partial charge in [-0.15, -0.1) is 4.37 Å². The SMILES string of the molecule is CCCCCCOc1nsnc1C1=CCC[N+](C)(COC(=O)OCCCCC)C1.[Cl-]. The molecule has 0 spiro atoms. The molecule has 2 heterocycles. The smallest absolute Gasteiger partial charge is 0.512 e. The van der Waals surface area contributed by atoms with Crippen molar-refractivity contribution in [3.63, 3.8) is 0 Å². The molecule has 0 bridgehead atoms. The summed E-state index contributed by atoms with van der Waals surface area (Å²) < 4.78 is 25.8. The standard InChI is InChI=1S/C21H36N3O4S.ClH/c1-4-6-8-10-14-26-20-19(22-29-23-20)18-12-11-13-24(3,16-18)17-28-21(25)27-15-9-7-5-2;/h12H,4-11,13-17H2,1-3H3;1H/q+1;/p-1. The molecule has 0 N–H and O–H groups in total. The highest BCUT2D eigenvalue weighted by Gasteiger charge is 2.31. The van der Waals surface area contributed by atoms with Gasteiger partial charge in [0.1, 0.15) is 12.2 Å². The Bertz CT molecular complexity index is 656. The molecule has 0 fully saturated rings. The summed E-state index contributed by atoms with van der Waals surface area (Å²) in [5.74, 6) is 0.627. The molecule has 1 atom stereocenters. The Labute approximate surface area is 191 Å². The van der Waals surface area contributed by atoms with Crippen molar-refractivity contribution in [2.45, 2.75) is 65.2 Å². The van der Waals surface area contributed by atoms with Crippen LogP contribution >= 0.6 is 11.7 Å². The average Bonchev–Trinajstić information content (AvgIpc) is 3.18. The van der Waals surface area contributed by atoms with Crippen LogP contribution in [0.25, 0.3) is 5.57 Å². The van der Waals surface area contributed by atoms with E-state index in [0.717, 1.165) is 56.5 Å². The van der Waals surface area contributed by atoms with E-state index in [4.69, 9.17) is 14.2 Å². The van der Waals surface area contributed by atoms with Crippen molar-refractivity contribution in [1.29, 1.82) is 0 Å². The molecule has 0 aliphatic carbocycles. The van der Waals surface area contributed by atoms with Crippen LogP contribution in [0.4, 0.5) is 4.79 Å². The van der Waals surface area contributed by atoms with Gasteiger partial charge in [-0.2, -0.15) is 4.37 Å². The third kappa shape index (κ3) is 9.18. The molecule has 1 aromatic heterocycles. The number of carbonyl (C=O) groups excluding carboxylic acids is 1. The number of hydrogen-bond acceptors (Lipinski definition) is 7. The summed E-state index contributed by atoms with van der Waals surface area (Å²) in [6.07, 6.45) is 10.2. The van der Waals surface area contributed by atoms with Gasteiger partial charge in [0, 0.05) is 12.0 Å². The first kappa shape index (κ1) is 26.7. The van der Waals surface area contributed by atoms with Crippen LogP contribution in [0.2, 0.25) is 0 Å². The van der Waals surface area contributed by atoms with E-state index in [9.17, 15) is 4.79 Å². The van der Waals surface area contributed by atoms with Gasteiger partial charge in [0.25, 0.3) is 5.88 Å². The lowest BCUT2D eigenvalue weighted by atomic mass is 10.1. The largest absolute Gasteiger partial charge is 1.00 e. The Morgan fingerprint density at radius 3 is 2.57 bits per heavy atom. The first-order valence-electron chi connectivity index (χ1n) is 10.9. The Morgan fingerprint density at radius 1 is 1.07 bits per heavy atom. The molecule has 1 aromatic rings. The minimum atomic E-state index is -0.581. The molecule has 1 unspecified atom stereocenters. The summed E-state index contributed by atoms with van der Waals surface area (Å²) in [5.41, 5.74) is 1.94. The van der Waals surface area contributed by atoms with Crippen LogP contribution in [-0.4, -0.2) is 59.5 Å². The van der Waals surface area contributed by atoms with Gasteiger partial charge >= 0.3 is 6.16 Å². The number of quaternary nitrogens is 1. The van der Waals surface area contributed by atoms with Crippen molar-refractivity contribution in [2.24, 2.45) is 0 Å². The van der Waals surface area contributed by atoms with E-state index in [2.05, 4.69) is 35.7 Å². The van der Waals surface area contributed by atoms with E-state index in [1.54, 1.807) is 0 Å². The Balaban J connectivity index is 0.00000450. The van der Waals surface area contributed by atoms with Crippen molar-refractivity contribution in [3.8, 4) is 5.88 Å². The lowest BCUT2D eigenvalue weighted by molar-refractivity contribution is -0.919. The topological polar surface area (TPSA) is 70.5 Å². The average molecular weight is 462 g/mol. The second kappa shape index (κ2) is 14.6. The molecule has 0 saturated heterocycles. The molecule has 1 aliphatic heterocycles. The molecule has 9 heteroatoms.